The predicted octanol–water partition coefficient (Wildman–Crippen LogP) is 3.72. The molecule has 0 bridgehead atoms. The van der Waals surface area contributed by atoms with E-state index in [2.05, 4.69) is 10.3 Å². The molecule has 2 aromatic heterocycles. The number of amides is 1. The van der Waals surface area contributed by atoms with E-state index < -0.39 is 0 Å². The van der Waals surface area contributed by atoms with Gasteiger partial charge in [0.05, 0.1) is 24.4 Å². The number of hydrogen-bond acceptors (Lipinski definition) is 5. The SMILES string of the molecule is COc1cc2nn([C@H]3CC[C@H](CO)CC3)cc2cc1NC(=O)c1cccc(C)n1. The van der Waals surface area contributed by atoms with E-state index in [4.69, 9.17) is 9.84 Å². The quantitative estimate of drug-likeness (QED) is 0.688. The maximum absolute atomic E-state index is 12.6. The Bertz CT molecular complexity index is 1020. The molecule has 1 aliphatic rings. The van der Waals surface area contributed by atoms with Crippen molar-refractivity contribution in [3.05, 3.63) is 47.9 Å². The molecule has 0 spiro atoms. The van der Waals surface area contributed by atoms with Crippen molar-refractivity contribution in [2.75, 3.05) is 19.0 Å². The average molecular weight is 394 g/mol. The van der Waals surface area contributed by atoms with Gasteiger partial charge in [-0.05, 0) is 56.7 Å². The molecule has 152 valence electrons. The number of aromatic nitrogens is 3. The molecule has 29 heavy (non-hydrogen) atoms. The lowest BCUT2D eigenvalue weighted by atomic mass is 9.87. The topological polar surface area (TPSA) is 89.3 Å². The van der Waals surface area contributed by atoms with Gasteiger partial charge < -0.3 is 15.2 Å². The van der Waals surface area contributed by atoms with Crippen molar-refractivity contribution in [1.82, 2.24) is 14.8 Å². The van der Waals surface area contributed by atoms with Crippen LogP contribution in [0.1, 0.15) is 47.9 Å². The minimum Gasteiger partial charge on any atom is -0.494 e. The van der Waals surface area contributed by atoms with Gasteiger partial charge in [-0.15, -0.1) is 0 Å². The van der Waals surface area contributed by atoms with Crippen molar-refractivity contribution in [3.8, 4) is 5.75 Å². The second-order valence-electron chi connectivity index (χ2n) is 7.70. The first-order valence-electron chi connectivity index (χ1n) is 10.00. The molecule has 7 nitrogen and oxygen atoms in total. The molecule has 0 radical (unpaired) electrons. The number of ether oxygens (including phenoxy) is 1. The number of nitrogens with zero attached hydrogens (tertiary/aromatic N) is 3. The van der Waals surface area contributed by atoms with Gasteiger partial charge in [0.2, 0.25) is 0 Å². The highest BCUT2D eigenvalue weighted by atomic mass is 16.5. The third kappa shape index (κ3) is 4.10. The fraction of sp³-hybridized carbons (Fsp3) is 0.409. The van der Waals surface area contributed by atoms with E-state index in [1.165, 1.54) is 0 Å². The van der Waals surface area contributed by atoms with E-state index in [9.17, 15) is 9.90 Å². The number of carbonyl (C=O) groups is 1. The number of nitrogens with one attached hydrogen (secondary N) is 1. The Labute approximate surface area is 169 Å². The first-order valence-corrected chi connectivity index (χ1v) is 10.00. The molecule has 1 aromatic carbocycles. The Morgan fingerprint density at radius 2 is 2.07 bits per heavy atom. The lowest BCUT2D eigenvalue weighted by Gasteiger charge is -2.27. The molecule has 4 rings (SSSR count). The summed E-state index contributed by atoms with van der Waals surface area (Å²) >= 11 is 0. The Morgan fingerprint density at radius 1 is 1.28 bits per heavy atom. The average Bonchev–Trinajstić information content (AvgIpc) is 3.16. The molecule has 3 aromatic rings. The van der Waals surface area contributed by atoms with E-state index in [0.717, 1.165) is 42.3 Å². The Morgan fingerprint density at radius 3 is 2.76 bits per heavy atom. The summed E-state index contributed by atoms with van der Waals surface area (Å²) in [5.41, 5.74) is 2.58. The fourth-order valence-electron chi connectivity index (χ4n) is 3.97. The summed E-state index contributed by atoms with van der Waals surface area (Å²) < 4.78 is 7.50. The highest BCUT2D eigenvalue weighted by Crippen LogP contribution is 2.34. The van der Waals surface area contributed by atoms with Crippen LogP contribution in [0.15, 0.2) is 36.5 Å². The molecule has 1 fully saturated rings. The van der Waals surface area contributed by atoms with Crippen molar-refractivity contribution in [2.24, 2.45) is 5.92 Å². The number of aliphatic hydroxyl groups is 1. The van der Waals surface area contributed by atoms with Crippen LogP contribution in [0.4, 0.5) is 5.69 Å². The summed E-state index contributed by atoms with van der Waals surface area (Å²) in [5, 5.41) is 17.9. The normalized spacial score (nSPS) is 19.3. The van der Waals surface area contributed by atoms with E-state index in [1.54, 1.807) is 13.2 Å². The van der Waals surface area contributed by atoms with E-state index >= 15 is 0 Å². The standard InChI is InChI=1S/C22H26N4O3/c1-14-4-3-5-18(23-14)22(28)24-20-10-16-12-26(25-19(16)11-21(20)29-2)17-8-6-15(13-27)7-9-17/h3-5,10-12,15,17,27H,6-9,13H2,1-2H3,(H,24,28)/t15-,17-. The van der Waals surface area contributed by atoms with E-state index in [1.807, 2.05) is 42.1 Å². The molecule has 0 aliphatic heterocycles. The number of pyridine rings is 1. The third-order valence-corrected chi connectivity index (χ3v) is 5.66. The first kappa shape index (κ1) is 19.4. The Balaban J connectivity index is 1.59. The van der Waals surface area contributed by atoms with Crippen LogP contribution in [0.25, 0.3) is 10.9 Å². The largest absolute Gasteiger partial charge is 0.494 e. The molecule has 0 saturated heterocycles. The van der Waals surface area contributed by atoms with Gasteiger partial charge in [0.15, 0.2) is 0 Å². The Kier molecular flexibility index (Phi) is 5.49. The highest BCUT2D eigenvalue weighted by Gasteiger charge is 2.23. The number of anilines is 1. The van der Waals surface area contributed by atoms with Gasteiger partial charge in [-0.2, -0.15) is 5.10 Å². The van der Waals surface area contributed by atoms with E-state index in [-0.39, 0.29) is 12.5 Å². The number of rotatable bonds is 5. The van der Waals surface area contributed by atoms with Crippen molar-refractivity contribution < 1.29 is 14.6 Å². The second-order valence-corrected chi connectivity index (χ2v) is 7.70. The number of methoxy groups -OCH3 is 1. The van der Waals surface area contributed by atoms with Gasteiger partial charge in [0, 0.05) is 30.0 Å². The molecule has 1 saturated carbocycles. The van der Waals surface area contributed by atoms with Crippen molar-refractivity contribution in [3.63, 3.8) is 0 Å². The summed E-state index contributed by atoms with van der Waals surface area (Å²) in [7, 11) is 1.58. The smallest absolute Gasteiger partial charge is 0.274 e. The molecule has 2 N–H and O–H groups in total. The fourth-order valence-corrected chi connectivity index (χ4v) is 3.97. The molecule has 2 heterocycles. The van der Waals surface area contributed by atoms with Crippen LogP contribution in [-0.2, 0) is 0 Å². The van der Waals surface area contributed by atoms with Gasteiger partial charge in [-0.25, -0.2) is 4.98 Å². The summed E-state index contributed by atoms with van der Waals surface area (Å²) in [6, 6.07) is 9.44. The molecular weight excluding hydrogens is 368 g/mol. The minimum atomic E-state index is -0.277. The molecule has 0 atom stereocenters. The molecular formula is C22H26N4O3. The maximum Gasteiger partial charge on any atom is 0.274 e. The van der Waals surface area contributed by atoms with Crippen LogP contribution < -0.4 is 10.1 Å². The van der Waals surface area contributed by atoms with Gasteiger partial charge in [0.1, 0.15) is 11.4 Å². The van der Waals surface area contributed by atoms with Crippen LogP contribution in [0.2, 0.25) is 0 Å². The third-order valence-electron chi connectivity index (χ3n) is 5.66. The Hall–Kier alpha value is -2.93. The number of hydrogen-bond donors (Lipinski definition) is 2. The summed E-state index contributed by atoms with van der Waals surface area (Å²) in [6.07, 6.45) is 6.09. The van der Waals surface area contributed by atoms with Crippen LogP contribution >= 0.6 is 0 Å². The summed E-state index contributed by atoms with van der Waals surface area (Å²) in [6.45, 7) is 2.12. The number of aryl methyl sites for hydroxylation is 1. The van der Waals surface area contributed by atoms with Crippen molar-refractivity contribution in [1.29, 1.82) is 0 Å². The zero-order chi connectivity index (χ0) is 20.4. The molecule has 1 amide bonds. The van der Waals surface area contributed by atoms with Crippen LogP contribution in [0, 0.1) is 12.8 Å². The lowest BCUT2D eigenvalue weighted by molar-refractivity contribution is 0.102. The van der Waals surface area contributed by atoms with Crippen LogP contribution in [0.5, 0.6) is 5.75 Å². The van der Waals surface area contributed by atoms with Crippen LogP contribution in [0.3, 0.4) is 0 Å². The van der Waals surface area contributed by atoms with Crippen molar-refractivity contribution >= 4 is 22.5 Å². The maximum atomic E-state index is 12.6. The van der Waals surface area contributed by atoms with Gasteiger partial charge in [-0.1, -0.05) is 6.07 Å². The van der Waals surface area contributed by atoms with Gasteiger partial charge in [0.25, 0.3) is 5.91 Å². The van der Waals surface area contributed by atoms with Gasteiger partial charge in [-0.3, -0.25) is 9.48 Å². The predicted molar refractivity (Wildman–Crippen MR) is 111 cm³/mol. The minimum absolute atomic E-state index is 0.268. The zero-order valence-corrected chi connectivity index (χ0v) is 16.8. The summed E-state index contributed by atoms with van der Waals surface area (Å²) in [4.78, 5) is 16.9. The molecule has 7 heteroatoms. The summed E-state index contributed by atoms with van der Waals surface area (Å²) in [5.74, 6) is 0.696. The second kappa shape index (κ2) is 8.21. The van der Waals surface area contributed by atoms with Crippen molar-refractivity contribution in [2.45, 2.75) is 38.6 Å². The number of carbonyl (C=O) groups excluding carboxylic acids is 1. The highest BCUT2D eigenvalue weighted by molar-refractivity contribution is 6.05. The monoisotopic (exact) mass is 394 g/mol. The molecule has 0 unspecified atom stereocenters. The lowest BCUT2D eigenvalue weighted by Crippen LogP contribution is -2.20. The van der Waals surface area contributed by atoms with Gasteiger partial charge >= 0.3 is 0 Å². The first-order chi connectivity index (χ1) is 14.1. The number of aliphatic hydroxyl groups excluding tert-OH is 1. The number of fused-ring (bicyclic) bond motifs is 1. The molecule has 1 aliphatic carbocycles. The number of benzene rings is 1. The van der Waals surface area contributed by atoms with Crippen LogP contribution in [-0.4, -0.2) is 39.5 Å². The van der Waals surface area contributed by atoms with E-state index in [0.29, 0.717) is 29.1 Å². The zero-order valence-electron chi connectivity index (χ0n) is 16.8.